The first kappa shape index (κ1) is 19.7. The molecule has 2 aromatic heterocycles. The van der Waals surface area contributed by atoms with Gasteiger partial charge in [-0.05, 0) is 29.5 Å². The van der Waals surface area contributed by atoms with Crippen molar-refractivity contribution in [3.05, 3.63) is 99.7 Å². The highest BCUT2D eigenvalue weighted by molar-refractivity contribution is 6.03. The summed E-state index contributed by atoms with van der Waals surface area (Å²) in [4.78, 5) is 39.5. The average Bonchev–Trinajstić information content (AvgIpc) is 3.22. The van der Waals surface area contributed by atoms with Gasteiger partial charge >= 0.3 is 11.5 Å². The number of benzene rings is 2. The molecule has 1 aliphatic carbocycles. The van der Waals surface area contributed by atoms with Gasteiger partial charge in [0, 0.05) is 6.20 Å². The number of carboxylic acids is 1. The summed E-state index contributed by atoms with van der Waals surface area (Å²) >= 11 is 0. The number of fused-ring (bicyclic) bond motifs is 2. The average molecular weight is 428 g/mol. The van der Waals surface area contributed by atoms with Crippen LogP contribution in [0.4, 0.5) is 5.69 Å². The third-order valence-electron chi connectivity index (χ3n) is 5.67. The van der Waals surface area contributed by atoms with Crippen LogP contribution in [0.2, 0.25) is 0 Å². The lowest BCUT2D eigenvalue weighted by Crippen LogP contribution is -2.33. The van der Waals surface area contributed by atoms with E-state index < -0.39 is 17.1 Å². The number of anilines is 1. The molecule has 0 radical (unpaired) electrons. The largest absolute Gasteiger partial charge is 0.477 e. The molecule has 5 rings (SSSR count). The molecule has 0 amide bonds. The maximum Gasteiger partial charge on any atom is 0.343 e. The van der Waals surface area contributed by atoms with Gasteiger partial charge in [-0.25, -0.2) is 14.8 Å². The number of hydrogen-bond acceptors (Lipinski definition) is 6. The molecule has 2 heterocycles. The van der Waals surface area contributed by atoms with Crippen molar-refractivity contribution in [3.63, 3.8) is 0 Å². The molecular formula is C24H20N4O4. The molecule has 32 heavy (non-hydrogen) atoms. The zero-order chi connectivity index (χ0) is 22.1. The first-order chi connectivity index (χ1) is 15.6. The molecule has 1 atom stereocenters. The number of nitrogens with zero attached hydrogens (tertiary/aromatic N) is 3. The van der Waals surface area contributed by atoms with E-state index in [1.807, 2.05) is 48.5 Å². The Morgan fingerprint density at radius 3 is 2.75 bits per heavy atom. The topological polar surface area (TPSA) is 106 Å². The van der Waals surface area contributed by atoms with Gasteiger partial charge in [0.2, 0.25) is 0 Å². The van der Waals surface area contributed by atoms with Crippen molar-refractivity contribution in [3.8, 4) is 0 Å². The maximum absolute atomic E-state index is 13.2. The Hall–Kier alpha value is -4.20. The number of rotatable bonds is 6. The van der Waals surface area contributed by atoms with Gasteiger partial charge in [0.05, 0.1) is 17.1 Å². The van der Waals surface area contributed by atoms with Crippen LogP contribution < -0.4 is 15.7 Å². The van der Waals surface area contributed by atoms with Crippen molar-refractivity contribution in [2.45, 2.75) is 25.5 Å². The molecule has 0 bridgehead atoms. The minimum atomic E-state index is -1.34. The Balaban J connectivity index is 1.62. The van der Waals surface area contributed by atoms with Gasteiger partial charge in [-0.1, -0.05) is 54.6 Å². The molecule has 0 saturated carbocycles. The molecule has 2 aromatic carbocycles. The van der Waals surface area contributed by atoms with Crippen molar-refractivity contribution in [2.24, 2.45) is 0 Å². The van der Waals surface area contributed by atoms with Gasteiger partial charge in [0.25, 0.3) is 0 Å². The molecule has 4 aromatic rings. The summed E-state index contributed by atoms with van der Waals surface area (Å²) in [5.41, 5.74) is 2.38. The molecule has 0 saturated heterocycles. The Labute approximate surface area is 183 Å². The van der Waals surface area contributed by atoms with Crippen LogP contribution in [0, 0.1) is 0 Å². The van der Waals surface area contributed by atoms with Crippen LogP contribution in [0.5, 0.6) is 0 Å². The lowest BCUT2D eigenvalue weighted by molar-refractivity contribution is 0.0678. The second kappa shape index (κ2) is 8.14. The van der Waals surface area contributed by atoms with Crippen LogP contribution in [0.25, 0.3) is 11.0 Å². The monoisotopic (exact) mass is 428 g/mol. The van der Waals surface area contributed by atoms with Gasteiger partial charge in [-0.2, -0.15) is 0 Å². The van der Waals surface area contributed by atoms with Gasteiger partial charge in [-0.15, -0.1) is 4.73 Å². The van der Waals surface area contributed by atoms with Crippen LogP contribution in [-0.4, -0.2) is 25.8 Å². The van der Waals surface area contributed by atoms with E-state index in [1.54, 1.807) is 0 Å². The Bertz CT molecular complexity index is 1370. The van der Waals surface area contributed by atoms with Crippen LogP contribution >= 0.6 is 0 Å². The van der Waals surface area contributed by atoms with Gasteiger partial charge in [0.1, 0.15) is 12.9 Å². The first-order valence-corrected chi connectivity index (χ1v) is 10.3. The molecule has 160 valence electrons. The SMILES string of the molecule is O=C(O)c1c(NC2CCc3ccccc32)c2cncnc2n(OCc2ccccc2)c1=O. The van der Waals surface area contributed by atoms with Gasteiger partial charge in [-0.3, -0.25) is 4.79 Å². The Kier molecular flexibility index (Phi) is 5.03. The highest BCUT2D eigenvalue weighted by Gasteiger charge is 2.28. The third-order valence-corrected chi connectivity index (χ3v) is 5.67. The highest BCUT2D eigenvalue weighted by Crippen LogP contribution is 2.36. The molecule has 8 nitrogen and oxygen atoms in total. The van der Waals surface area contributed by atoms with Crippen molar-refractivity contribution in [1.82, 2.24) is 14.7 Å². The summed E-state index contributed by atoms with van der Waals surface area (Å²) in [5.74, 6) is -1.34. The van der Waals surface area contributed by atoms with Crippen LogP contribution in [0.3, 0.4) is 0 Å². The van der Waals surface area contributed by atoms with Crippen molar-refractivity contribution in [2.75, 3.05) is 5.32 Å². The molecule has 8 heteroatoms. The fraction of sp³-hybridized carbons (Fsp3) is 0.167. The van der Waals surface area contributed by atoms with Gasteiger partial charge < -0.3 is 15.3 Å². The lowest BCUT2D eigenvalue weighted by atomic mass is 10.1. The Morgan fingerprint density at radius 1 is 1.16 bits per heavy atom. The number of hydrogen-bond donors (Lipinski definition) is 2. The molecule has 0 spiro atoms. The molecule has 0 fully saturated rings. The summed E-state index contributed by atoms with van der Waals surface area (Å²) in [6.45, 7) is 0.0850. The quantitative estimate of drug-likeness (QED) is 0.486. The van der Waals surface area contributed by atoms with E-state index in [0.29, 0.717) is 5.39 Å². The lowest BCUT2D eigenvalue weighted by Gasteiger charge is -2.20. The summed E-state index contributed by atoms with van der Waals surface area (Å²) < 4.78 is 0.946. The second-order valence-electron chi connectivity index (χ2n) is 7.61. The minimum Gasteiger partial charge on any atom is -0.477 e. The summed E-state index contributed by atoms with van der Waals surface area (Å²) in [7, 11) is 0. The number of aromatic nitrogens is 3. The van der Waals surface area contributed by atoms with E-state index in [2.05, 4.69) is 21.4 Å². The normalized spacial score (nSPS) is 14.8. The third kappa shape index (κ3) is 3.45. The smallest absolute Gasteiger partial charge is 0.343 e. The van der Waals surface area contributed by atoms with Crippen molar-refractivity contribution < 1.29 is 14.7 Å². The zero-order valence-corrected chi connectivity index (χ0v) is 17.1. The fourth-order valence-electron chi connectivity index (χ4n) is 4.16. The number of nitrogens with one attached hydrogen (secondary N) is 1. The van der Waals surface area contributed by atoms with E-state index in [1.165, 1.54) is 18.1 Å². The number of carbonyl (C=O) groups is 1. The van der Waals surface area contributed by atoms with Crippen LogP contribution in [0.1, 0.15) is 39.5 Å². The van der Waals surface area contributed by atoms with E-state index >= 15 is 0 Å². The summed E-state index contributed by atoms with van der Waals surface area (Å²) in [6.07, 6.45) is 4.47. The van der Waals surface area contributed by atoms with E-state index in [4.69, 9.17) is 4.84 Å². The predicted molar refractivity (Wildman–Crippen MR) is 119 cm³/mol. The van der Waals surface area contributed by atoms with Crippen LogP contribution in [-0.2, 0) is 13.0 Å². The second-order valence-corrected chi connectivity index (χ2v) is 7.61. The van der Waals surface area contributed by atoms with E-state index in [-0.39, 0.29) is 24.0 Å². The number of pyridine rings is 1. The number of aromatic carboxylic acids is 1. The highest BCUT2D eigenvalue weighted by atomic mass is 16.7. The van der Waals surface area contributed by atoms with Crippen molar-refractivity contribution in [1.29, 1.82) is 0 Å². The molecule has 0 aliphatic heterocycles. The maximum atomic E-state index is 13.2. The molecule has 1 aliphatic rings. The zero-order valence-electron chi connectivity index (χ0n) is 17.1. The summed E-state index contributed by atoms with van der Waals surface area (Å²) in [6, 6.07) is 17.2. The van der Waals surface area contributed by atoms with Crippen molar-refractivity contribution >= 4 is 22.7 Å². The standard InChI is InChI=1S/C24H20N4O4/c29-23-20(24(30)31)21(27-19-11-10-16-8-4-5-9-17(16)19)18-12-25-14-26-22(18)28(23)32-13-15-6-2-1-3-7-15/h1-9,12,14,19,27H,10-11,13H2,(H,30,31). The molecular weight excluding hydrogens is 408 g/mol. The summed E-state index contributed by atoms with van der Waals surface area (Å²) in [5, 5.41) is 13.6. The molecule has 2 N–H and O–H groups in total. The van der Waals surface area contributed by atoms with E-state index in [0.717, 1.165) is 28.7 Å². The minimum absolute atomic E-state index is 0.0850. The number of carboxylic acid groups (broad SMARTS) is 1. The fourth-order valence-corrected chi connectivity index (χ4v) is 4.16. The van der Waals surface area contributed by atoms with Gasteiger partial charge in [0.15, 0.2) is 11.2 Å². The Morgan fingerprint density at radius 2 is 1.94 bits per heavy atom. The van der Waals surface area contributed by atoms with Crippen LogP contribution in [0.15, 0.2) is 71.9 Å². The van der Waals surface area contributed by atoms with E-state index in [9.17, 15) is 14.7 Å². The predicted octanol–water partition coefficient (Wildman–Crippen LogP) is 3.22. The molecule has 1 unspecified atom stereocenters. The number of aryl methyl sites for hydroxylation is 1. The first-order valence-electron chi connectivity index (χ1n) is 10.3.